The van der Waals surface area contributed by atoms with Gasteiger partial charge in [0, 0.05) is 46.1 Å². The molecule has 0 radical (unpaired) electrons. The number of alkyl halides is 3. The van der Waals surface area contributed by atoms with Crippen LogP contribution in [0.1, 0.15) is 42.6 Å². The van der Waals surface area contributed by atoms with Gasteiger partial charge in [0.1, 0.15) is 6.61 Å². The standard InChI is InChI=1S/C21H27F3N4O3/c1-15(29)28(11-9-19-25-20(14-30-2)31-26-19)17-7-5-10-27(13-17)12-16-6-3-4-8-18(16)21(22,23)24/h3-4,6,8,17H,5,7,9-14H2,1-2H3. The number of hydrogen-bond donors (Lipinski definition) is 0. The molecule has 1 atom stereocenters. The molecule has 10 heteroatoms. The first kappa shape index (κ1) is 23.2. The lowest BCUT2D eigenvalue weighted by molar-refractivity contribution is -0.138. The molecule has 0 bridgehead atoms. The summed E-state index contributed by atoms with van der Waals surface area (Å²) < 4.78 is 50.0. The van der Waals surface area contributed by atoms with Crippen molar-refractivity contribution in [3.63, 3.8) is 0 Å². The number of likely N-dealkylation sites (tertiary alicyclic amines) is 1. The number of ether oxygens (including phenoxy) is 1. The van der Waals surface area contributed by atoms with Gasteiger partial charge in [-0.2, -0.15) is 18.2 Å². The molecule has 1 aliphatic heterocycles. The van der Waals surface area contributed by atoms with Gasteiger partial charge in [0.25, 0.3) is 5.89 Å². The molecule has 7 nitrogen and oxygen atoms in total. The van der Waals surface area contributed by atoms with Crippen LogP contribution in [-0.4, -0.2) is 58.6 Å². The highest BCUT2D eigenvalue weighted by atomic mass is 19.4. The number of amides is 1. The molecule has 1 saturated heterocycles. The minimum atomic E-state index is -4.39. The smallest absolute Gasteiger partial charge is 0.375 e. The number of carbonyl (C=O) groups is 1. The minimum Gasteiger partial charge on any atom is -0.375 e. The van der Waals surface area contributed by atoms with Crippen LogP contribution in [0.5, 0.6) is 0 Å². The number of aromatic nitrogens is 2. The lowest BCUT2D eigenvalue weighted by Gasteiger charge is -2.39. The lowest BCUT2D eigenvalue weighted by Crippen LogP contribution is -2.50. The summed E-state index contributed by atoms with van der Waals surface area (Å²) >= 11 is 0. The van der Waals surface area contributed by atoms with Gasteiger partial charge in [-0.3, -0.25) is 9.69 Å². The second kappa shape index (κ2) is 10.2. The third kappa shape index (κ3) is 6.27. The maximum absolute atomic E-state index is 13.3. The number of methoxy groups -OCH3 is 1. The fraction of sp³-hybridized carbons (Fsp3) is 0.571. The van der Waals surface area contributed by atoms with Crippen molar-refractivity contribution in [3.8, 4) is 0 Å². The van der Waals surface area contributed by atoms with Gasteiger partial charge >= 0.3 is 6.18 Å². The fourth-order valence-electron chi connectivity index (χ4n) is 4.00. The van der Waals surface area contributed by atoms with E-state index in [9.17, 15) is 18.0 Å². The molecule has 2 heterocycles. The van der Waals surface area contributed by atoms with E-state index in [1.807, 2.05) is 4.90 Å². The Hall–Kier alpha value is -2.46. The van der Waals surface area contributed by atoms with E-state index in [4.69, 9.17) is 9.26 Å². The second-order valence-corrected chi connectivity index (χ2v) is 7.69. The molecule has 1 aromatic carbocycles. The van der Waals surface area contributed by atoms with Crippen LogP contribution in [0.2, 0.25) is 0 Å². The van der Waals surface area contributed by atoms with E-state index in [0.717, 1.165) is 18.9 Å². The lowest BCUT2D eigenvalue weighted by atomic mass is 10.0. The minimum absolute atomic E-state index is 0.0744. The maximum Gasteiger partial charge on any atom is 0.416 e. The molecule has 0 N–H and O–H groups in total. The third-order valence-corrected chi connectivity index (χ3v) is 5.40. The number of rotatable bonds is 8. The summed E-state index contributed by atoms with van der Waals surface area (Å²) in [6.45, 7) is 3.56. The monoisotopic (exact) mass is 440 g/mol. The Labute approximate surface area is 179 Å². The molecule has 3 rings (SSSR count). The van der Waals surface area contributed by atoms with Crippen LogP contribution >= 0.6 is 0 Å². The Bertz CT molecular complexity index is 872. The van der Waals surface area contributed by atoms with Crippen molar-refractivity contribution in [1.82, 2.24) is 19.9 Å². The molecule has 1 aliphatic rings. The number of hydrogen-bond acceptors (Lipinski definition) is 6. The number of piperidine rings is 1. The van der Waals surface area contributed by atoms with Crippen molar-refractivity contribution in [3.05, 3.63) is 47.1 Å². The quantitative estimate of drug-likeness (QED) is 0.627. The van der Waals surface area contributed by atoms with Crippen molar-refractivity contribution in [1.29, 1.82) is 0 Å². The molecule has 31 heavy (non-hydrogen) atoms. The SMILES string of the molecule is COCc1nc(CCN(C(C)=O)C2CCCN(Cc3ccccc3C(F)(F)F)C2)no1. The normalized spacial score (nSPS) is 17.6. The van der Waals surface area contributed by atoms with E-state index < -0.39 is 11.7 Å². The second-order valence-electron chi connectivity index (χ2n) is 7.69. The van der Waals surface area contributed by atoms with Crippen LogP contribution in [0.15, 0.2) is 28.8 Å². The molecule has 0 saturated carbocycles. The fourth-order valence-corrected chi connectivity index (χ4v) is 4.00. The van der Waals surface area contributed by atoms with E-state index in [2.05, 4.69) is 10.1 Å². The van der Waals surface area contributed by atoms with Crippen LogP contribution < -0.4 is 0 Å². The molecule has 2 aromatic rings. The van der Waals surface area contributed by atoms with Gasteiger partial charge in [-0.15, -0.1) is 0 Å². The predicted octanol–water partition coefficient (Wildman–Crippen LogP) is 3.29. The molecular weight excluding hydrogens is 413 g/mol. The summed E-state index contributed by atoms with van der Waals surface area (Å²) in [5.41, 5.74) is -0.355. The van der Waals surface area contributed by atoms with Crippen LogP contribution in [0.4, 0.5) is 13.2 Å². The average Bonchev–Trinajstić information content (AvgIpc) is 3.15. The number of halogens is 3. The first-order valence-corrected chi connectivity index (χ1v) is 10.2. The zero-order valence-corrected chi connectivity index (χ0v) is 17.7. The van der Waals surface area contributed by atoms with Crippen molar-refractivity contribution in [2.45, 2.75) is 51.6 Å². The number of nitrogens with zero attached hydrogens (tertiary/aromatic N) is 4. The summed E-state index contributed by atoms with van der Waals surface area (Å²) in [5.74, 6) is 0.785. The van der Waals surface area contributed by atoms with E-state index >= 15 is 0 Å². The van der Waals surface area contributed by atoms with Gasteiger partial charge in [-0.25, -0.2) is 0 Å². The summed E-state index contributed by atoms with van der Waals surface area (Å²) in [5, 5.41) is 3.89. The maximum atomic E-state index is 13.3. The van der Waals surface area contributed by atoms with Crippen molar-refractivity contribution >= 4 is 5.91 Å². The largest absolute Gasteiger partial charge is 0.416 e. The molecule has 1 amide bonds. The topological polar surface area (TPSA) is 71.7 Å². The molecule has 1 aromatic heterocycles. The summed E-state index contributed by atoms with van der Waals surface area (Å²) in [6.07, 6.45) is -2.34. The van der Waals surface area contributed by atoms with Gasteiger partial charge in [0.2, 0.25) is 5.91 Å². The van der Waals surface area contributed by atoms with Gasteiger partial charge in [0.05, 0.1) is 5.56 Å². The van der Waals surface area contributed by atoms with E-state index in [-0.39, 0.29) is 30.7 Å². The molecule has 1 fully saturated rings. The first-order chi connectivity index (χ1) is 14.8. The van der Waals surface area contributed by atoms with Crippen molar-refractivity contribution in [2.24, 2.45) is 0 Å². The van der Waals surface area contributed by atoms with Gasteiger partial charge in [-0.05, 0) is 31.0 Å². The van der Waals surface area contributed by atoms with Gasteiger partial charge in [0.15, 0.2) is 5.82 Å². The Morgan fingerprint density at radius 2 is 2.13 bits per heavy atom. The highest BCUT2D eigenvalue weighted by molar-refractivity contribution is 5.73. The molecule has 1 unspecified atom stereocenters. The van der Waals surface area contributed by atoms with Crippen LogP contribution in [-0.2, 0) is 35.3 Å². The average molecular weight is 440 g/mol. The Morgan fingerprint density at radius 3 is 2.84 bits per heavy atom. The zero-order chi connectivity index (χ0) is 22.4. The zero-order valence-electron chi connectivity index (χ0n) is 17.7. The van der Waals surface area contributed by atoms with Crippen LogP contribution in [0.3, 0.4) is 0 Å². The van der Waals surface area contributed by atoms with E-state index in [1.54, 1.807) is 11.0 Å². The Kier molecular flexibility index (Phi) is 7.66. The molecule has 0 aliphatic carbocycles. The Balaban J connectivity index is 1.64. The third-order valence-electron chi connectivity index (χ3n) is 5.40. The van der Waals surface area contributed by atoms with Crippen LogP contribution in [0.25, 0.3) is 0 Å². The highest BCUT2D eigenvalue weighted by Crippen LogP contribution is 2.33. The number of benzene rings is 1. The van der Waals surface area contributed by atoms with E-state index in [0.29, 0.717) is 37.8 Å². The molecular formula is C21H27F3N4O3. The van der Waals surface area contributed by atoms with Crippen molar-refractivity contribution < 1.29 is 27.2 Å². The van der Waals surface area contributed by atoms with Crippen LogP contribution in [0, 0.1) is 0 Å². The summed E-state index contributed by atoms with van der Waals surface area (Å²) in [4.78, 5) is 20.3. The van der Waals surface area contributed by atoms with E-state index in [1.165, 1.54) is 26.2 Å². The summed E-state index contributed by atoms with van der Waals surface area (Å²) in [7, 11) is 1.53. The molecule has 170 valence electrons. The molecule has 0 spiro atoms. The first-order valence-electron chi connectivity index (χ1n) is 10.2. The number of carbonyl (C=O) groups excluding carboxylic acids is 1. The van der Waals surface area contributed by atoms with Gasteiger partial charge < -0.3 is 14.2 Å². The van der Waals surface area contributed by atoms with Crippen molar-refractivity contribution in [2.75, 3.05) is 26.7 Å². The predicted molar refractivity (Wildman–Crippen MR) is 106 cm³/mol. The Morgan fingerprint density at radius 1 is 1.35 bits per heavy atom. The van der Waals surface area contributed by atoms with Gasteiger partial charge in [-0.1, -0.05) is 23.4 Å². The highest BCUT2D eigenvalue weighted by Gasteiger charge is 2.34. The summed E-state index contributed by atoms with van der Waals surface area (Å²) in [6, 6.07) is 5.58.